The van der Waals surface area contributed by atoms with E-state index < -0.39 is 0 Å². The first kappa shape index (κ1) is 41.4. The van der Waals surface area contributed by atoms with E-state index in [0.717, 1.165) is 78.3 Å². The number of alkyl halides is 1. The summed E-state index contributed by atoms with van der Waals surface area (Å²) in [6.07, 6.45) is 7.25. The molecule has 0 saturated heterocycles. The molecule has 0 bridgehead atoms. The molecule has 278 valence electrons. The molecule has 4 aromatic heterocycles. The number of hydrogen-bond donors (Lipinski definition) is 1. The van der Waals surface area contributed by atoms with Gasteiger partial charge in [-0.25, -0.2) is 9.97 Å². The minimum absolute atomic E-state index is 0. The normalized spacial score (nSPS) is 15.1. The van der Waals surface area contributed by atoms with Crippen molar-refractivity contribution in [1.82, 2.24) is 29.1 Å². The second-order valence-electron chi connectivity index (χ2n) is 15.3. The minimum Gasteiger partial charge on any atom is -1.00 e. The molecule has 2 aliphatic rings. The minimum atomic E-state index is 0. The largest absolute Gasteiger partial charge is 1.00 e. The standard InChI is InChI=1S/C21H23N3O2.C15H17ClN2O.C6H7NO.Na.H/c1-21(2)9-8-19-23-18-11-15(6-7-17(18)20(25)24(19)14-21)12-26-13-16-5-3-4-10-22-16;1-15(2)6-5-13-17-12-7-10(8-16)3-4-11(12)14(19)18(13)9-15;8-5-6-3-1-2-4-7-6;;/h3-7,10-11H,8-9,12-14H2,1-2H3;3-4,7H,5-6,8-9H2,1-2H3;1-4,8H,5H2;;/q;;;+1;-1. The van der Waals surface area contributed by atoms with Crippen LogP contribution < -0.4 is 40.7 Å². The molecule has 6 aromatic rings. The Morgan fingerprint density at radius 2 is 1.22 bits per heavy atom. The van der Waals surface area contributed by atoms with E-state index in [-0.39, 0.29) is 59.5 Å². The Morgan fingerprint density at radius 3 is 1.69 bits per heavy atom. The van der Waals surface area contributed by atoms with Gasteiger partial charge in [0.05, 0.1) is 53.0 Å². The molecule has 0 atom stereocenters. The summed E-state index contributed by atoms with van der Waals surface area (Å²) in [6.45, 7) is 11.3. The van der Waals surface area contributed by atoms with Gasteiger partial charge in [-0.2, -0.15) is 0 Å². The topological polar surface area (TPSA) is 125 Å². The number of aliphatic hydroxyl groups is 1. The van der Waals surface area contributed by atoms with Crippen LogP contribution in [-0.4, -0.2) is 34.2 Å². The number of fused-ring (bicyclic) bond motifs is 4. The number of nitrogens with zero attached hydrogens (tertiary/aromatic N) is 6. The van der Waals surface area contributed by atoms with E-state index in [1.165, 1.54) is 0 Å². The second kappa shape index (κ2) is 18.2. The van der Waals surface area contributed by atoms with Crippen LogP contribution in [0.5, 0.6) is 0 Å². The molecule has 2 aromatic carbocycles. The van der Waals surface area contributed by atoms with Crippen molar-refractivity contribution in [3.8, 4) is 0 Å². The van der Waals surface area contributed by atoms with Crippen LogP contribution in [0.15, 0.2) is 94.8 Å². The van der Waals surface area contributed by atoms with Crippen LogP contribution in [-0.2, 0) is 56.4 Å². The molecule has 2 aliphatic heterocycles. The molecule has 10 nitrogen and oxygen atoms in total. The van der Waals surface area contributed by atoms with Gasteiger partial charge in [-0.1, -0.05) is 52.0 Å². The van der Waals surface area contributed by atoms with Crippen LogP contribution in [0.1, 0.15) is 76.1 Å². The van der Waals surface area contributed by atoms with E-state index >= 15 is 0 Å². The monoisotopic (exact) mass is 758 g/mol. The summed E-state index contributed by atoms with van der Waals surface area (Å²) in [5.41, 5.74) is 5.63. The molecule has 0 spiro atoms. The predicted octanol–water partition coefficient (Wildman–Crippen LogP) is 4.28. The van der Waals surface area contributed by atoms with E-state index in [2.05, 4.69) is 42.6 Å². The Labute approximate surface area is 344 Å². The average molecular weight is 759 g/mol. The van der Waals surface area contributed by atoms with Crippen molar-refractivity contribution in [2.45, 2.75) is 92.2 Å². The number of rotatable bonds is 6. The molecule has 0 fully saturated rings. The molecule has 0 unspecified atom stereocenters. The third-order valence-electron chi connectivity index (χ3n) is 9.71. The Bertz CT molecular complexity index is 2320. The molecular formula is C42H48ClN6NaO4. The van der Waals surface area contributed by atoms with Gasteiger partial charge < -0.3 is 11.3 Å². The van der Waals surface area contributed by atoms with Crippen LogP contribution in [0.25, 0.3) is 21.8 Å². The summed E-state index contributed by atoms with van der Waals surface area (Å²) in [6, 6.07) is 22.7. The Balaban J connectivity index is 0.000000203. The van der Waals surface area contributed by atoms with Crippen LogP contribution in [0, 0.1) is 10.8 Å². The van der Waals surface area contributed by atoms with E-state index in [4.69, 9.17) is 26.4 Å². The first-order chi connectivity index (χ1) is 25.4. The van der Waals surface area contributed by atoms with Gasteiger partial charge >= 0.3 is 29.6 Å². The fourth-order valence-corrected chi connectivity index (χ4v) is 6.84. The zero-order chi connectivity index (χ0) is 37.6. The van der Waals surface area contributed by atoms with Crippen LogP contribution in [0.2, 0.25) is 0 Å². The molecule has 1 N–H and O–H groups in total. The second-order valence-corrected chi connectivity index (χ2v) is 15.6. The molecule has 8 rings (SSSR count). The van der Waals surface area contributed by atoms with Crippen molar-refractivity contribution in [2.24, 2.45) is 10.8 Å². The van der Waals surface area contributed by atoms with Gasteiger partial charge in [0.25, 0.3) is 11.1 Å². The summed E-state index contributed by atoms with van der Waals surface area (Å²) in [5, 5.41) is 9.85. The number of hydrogen-bond acceptors (Lipinski definition) is 8. The number of halogens is 1. The molecular weight excluding hydrogens is 711 g/mol. The van der Waals surface area contributed by atoms with Gasteiger partial charge in [0.15, 0.2) is 0 Å². The summed E-state index contributed by atoms with van der Waals surface area (Å²) in [5.74, 6) is 2.25. The summed E-state index contributed by atoms with van der Waals surface area (Å²) < 4.78 is 9.44. The zero-order valence-corrected chi connectivity index (χ0v) is 34.6. The third kappa shape index (κ3) is 10.3. The molecule has 0 amide bonds. The predicted molar refractivity (Wildman–Crippen MR) is 210 cm³/mol. The Morgan fingerprint density at radius 1 is 0.722 bits per heavy atom. The first-order valence-corrected chi connectivity index (χ1v) is 18.6. The number of aliphatic hydroxyl groups excluding tert-OH is 1. The van der Waals surface area contributed by atoms with Crippen molar-refractivity contribution < 1.29 is 40.8 Å². The molecule has 12 heteroatoms. The quantitative estimate of drug-likeness (QED) is 0.197. The SMILES string of the molecule is CC1(C)CCc2nc3cc(CCl)ccc3c(=O)n2C1.CC1(C)CCc2nc3cc(COCc4ccccn4)ccc3c(=O)n2C1.OCc1ccccn1.[H-].[Na+]. The molecule has 0 radical (unpaired) electrons. The molecule has 6 heterocycles. The molecule has 0 aliphatic carbocycles. The Hall–Kier alpha value is -3.77. The molecule has 54 heavy (non-hydrogen) atoms. The van der Waals surface area contributed by atoms with Crippen molar-refractivity contribution in [3.05, 3.63) is 140 Å². The van der Waals surface area contributed by atoms with Gasteiger partial charge in [0.2, 0.25) is 0 Å². The number of ether oxygens (including phenoxy) is 1. The smallest absolute Gasteiger partial charge is 1.00 e. The van der Waals surface area contributed by atoms with E-state index in [9.17, 15) is 9.59 Å². The van der Waals surface area contributed by atoms with Crippen LogP contribution in [0.4, 0.5) is 0 Å². The fourth-order valence-electron chi connectivity index (χ4n) is 6.67. The van der Waals surface area contributed by atoms with E-state index in [1.54, 1.807) is 18.5 Å². The van der Waals surface area contributed by atoms with Gasteiger partial charge in [0, 0.05) is 44.2 Å². The van der Waals surface area contributed by atoms with Crippen molar-refractivity contribution in [3.63, 3.8) is 0 Å². The van der Waals surface area contributed by atoms with Crippen LogP contribution in [0.3, 0.4) is 0 Å². The number of aromatic nitrogens is 6. The van der Waals surface area contributed by atoms with E-state index in [0.29, 0.717) is 35.6 Å². The summed E-state index contributed by atoms with van der Waals surface area (Å²) >= 11 is 5.84. The van der Waals surface area contributed by atoms with E-state index in [1.807, 2.05) is 75.9 Å². The third-order valence-corrected chi connectivity index (χ3v) is 10.0. The first-order valence-electron chi connectivity index (χ1n) is 18.0. The number of pyridine rings is 2. The fraction of sp³-hybridized carbons (Fsp3) is 0.381. The average Bonchev–Trinajstić information content (AvgIpc) is 3.16. The van der Waals surface area contributed by atoms with Crippen molar-refractivity contribution >= 4 is 33.4 Å². The Kier molecular flexibility index (Phi) is 14.0. The van der Waals surface area contributed by atoms with Gasteiger partial charge in [-0.3, -0.25) is 28.7 Å². The molecule has 0 saturated carbocycles. The summed E-state index contributed by atoms with van der Waals surface area (Å²) in [7, 11) is 0. The van der Waals surface area contributed by atoms with Gasteiger partial charge in [0.1, 0.15) is 11.6 Å². The summed E-state index contributed by atoms with van der Waals surface area (Å²) in [4.78, 5) is 42.9. The maximum Gasteiger partial charge on any atom is 1.00 e. The zero-order valence-electron chi connectivity index (χ0n) is 32.9. The maximum atomic E-state index is 12.9. The van der Waals surface area contributed by atoms with Crippen molar-refractivity contribution in [2.75, 3.05) is 0 Å². The maximum absolute atomic E-state index is 12.9. The van der Waals surface area contributed by atoms with Crippen molar-refractivity contribution in [1.29, 1.82) is 0 Å². The number of benzene rings is 2. The van der Waals surface area contributed by atoms with Gasteiger partial charge in [-0.15, -0.1) is 11.6 Å². The van der Waals surface area contributed by atoms with Gasteiger partial charge in [-0.05, 0) is 83.3 Å². The van der Waals surface area contributed by atoms with Crippen LogP contribution >= 0.6 is 11.6 Å². The number of aryl methyl sites for hydroxylation is 2.